The molecule has 0 atom stereocenters. The number of nitrogens with zero attached hydrogens (tertiary/aromatic N) is 1. The third kappa shape index (κ3) is 5.80. The minimum atomic E-state index is -3.02. The fourth-order valence-electron chi connectivity index (χ4n) is 4.86. The van der Waals surface area contributed by atoms with Crippen molar-refractivity contribution in [2.45, 2.75) is 58.7 Å². The smallest absolute Gasteiger partial charge is 0.171 e. The summed E-state index contributed by atoms with van der Waals surface area (Å²) in [4.78, 5) is 4.93. The van der Waals surface area contributed by atoms with Gasteiger partial charge in [-0.3, -0.25) is 4.98 Å². The summed E-state index contributed by atoms with van der Waals surface area (Å²) in [7, 11) is -4.52. The van der Waals surface area contributed by atoms with Crippen molar-refractivity contribution in [3.63, 3.8) is 0 Å². The third-order valence-electron chi connectivity index (χ3n) is 6.84. The minimum absolute atomic E-state index is 0.845. The second-order valence-electron chi connectivity index (χ2n) is 10.6. The molecule has 0 saturated carbocycles. The summed E-state index contributed by atoms with van der Waals surface area (Å²) < 4.78 is 14.8. The van der Waals surface area contributed by atoms with Gasteiger partial charge in [-0.2, -0.15) is 0 Å². The molecule has 0 aliphatic heterocycles. The maximum Gasteiger partial charge on any atom is 0.171 e. The molecule has 4 aromatic rings. The normalized spacial score (nSPS) is 12.0. The second kappa shape index (κ2) is 11.5. The van der Waals surface area contributed by atoms with Crippen molar-refractivity contribution in [3.8, 4) is 11.3 Å². The summed E-state index contributed by atoms with van der Waals surface area (Å²) in [5, 5.41) is 4.01. The van der Waals surface area contributed by atoms with Crippen molar-refractivity contribution in [2.75, 3.05) is 0 Å². The maximum atomic E-state index is 14.8. The number of benzene rings is 3. The molecule has 0 spiro atoms. The number of unbranched alkanes of at least 4 members (excludes halogenated alkanes) is 3. The predicted molar refractivity (Wildman–Crippen MR) is 160 cm³/mol. The number of aryl methyl sites for hydroxylation is 1. The van der Waals surface area contributed by atoms with Crippen molar-refractivity contribution < 1.29 is 4.57 Å². The van der Waals surface area contributed by atoms with Gasteiger partial charge in [0, 0.05) is 27.7 Å². The van der Waals surface area contributed by atoms with Gasteiger partial charge in [0.2, 0.25) is 0 Å². The third-order valence-corrected chi connectivity index (χ3v) is 12.0. The zero-order valence-corrected chi connectivity index (χ0v) is 24.0. The van der Waals surface area contributed by atoms with Gasteiger partial charge in [-0.25, -0.2) is 0 Å². The Bertz CT molecular complexity index is 1290. The van der Waals surface area contributed by atoms with Gasteiger partial charge < -0.3 is 4.57 Å². The first-order valence-corrected chi connectivity index (χ1v) is 18.4. The van der Waals surface area contributed by atoms with E-state index in [9.17, 15) is 4.57 Å². The summed E-state index contributed by atoms with van der Waals surface area (Å²) >= 11 is 0. The molecule has 0 aliphatic rings. The van der Waals surface area contributed by atoms with E-state index in [-0.39, 0.29) is 0 Å². The SMILES string of the molecule is CCCCCCc1cc(-c2cccc(P(=O)(c3ccccc3)c3ccccc3)c2)ncc1[Si](C)(C)C. The Hall–Kier alpha value is -2.74. The fourth-order valence-corrected chi connectivity index (χ4v) is 9.17. The Morgan fingerprint density at radius 2 is 1.33 bits per heavy atom. The van der Waals surface area contributed by atoms with Crippen LogP contribution in [-0.2, 0) is 11.0 Å². The molecule has 186 valence electrons. The largest absolute Gasteiger partial charge is 0.309 e. The lowest BCUT2D eigenvalue weighted by Gasteiger charge is -2.22. The van der Waals surface area contributed by atoms with Crippen LogP contribution in [0.2, 0.25) is 19.6 Å². The van der Waals surface area contributed by atoms with Crippen LogP contribution in [0.5, 0.6) is 0 Å². The topological polar surface area (TPSA) is 30.0 Å². The van der Waals surface area contributed by atoms with Crippen LogP contribution >= 0.6 is 7.14 Å². The van der Waals surface area contributed by atoms with E-state index in [1.807, 2.05) is 72.8 Å². The first kappa shape index (κ1) is 26.3. The van der Waals surface area contributed by atoms with Crippen molar-refractivity contribution in [2.24, 2.45) is 0 Å². The van der Waals surface area contributed by atoms with Crippen molar-refractivity contribution in [1.82, 2.24) is 4.98 Å². The molecule has 0 amide bonds. The first-order valence-electron chi connectivity index (χ1n) is 13.2. The Morgan fingerprint density at radius 1 is 0.722 bits per heavy atom. The minimum Gasteiger partial charge on any atom is -0.309 e. The molecule has 0 N–H and O–H groups in total. The first-order chi connectivity index (χ1) is 17.3. The quantitative estimate of drug-likeness (QED) is 0.130. The molecule has 0 saturated heterocycles. The van der Waals surface area contributed by atoms with E-state index in [4.69, 9.17) is 4.98 Å². The lowest BCUT2D eigenvalue weighted by atomic mass is 10.0. The average molecular weight is 512 g/mol. The van der Waals surface area contributed by atoms with E-state index in [0.29, 0.717) is 0 Å². The summed E-state index contributed by atoms with van der Waals surface area (Å²) in [6, 6.07) is 30.3. The molecule has 3 aromatic carbocycles. The van der Waals surface area contributed by atoms with E-state index in [1.54, 1.807) is 0 Å². The zero-order valence-electron chi connectivity index (χ0n) is 22.1. The van der Waals surface area contributed by atoms with Gasteiger partial charge in [-0.15, -0.1) is 0 Å². The standard InChI is InChI=1S/C32H38NOPSi/c1-5-6-7-10-16-27-24-31(33-25-32(27)36(2,3)4)26-17-15-22-30(23-26)35(34,28-18-11-8-12-19-28)29-20-13-9-14-21-29/h8-9,11-15,17-25H,5-7,10,16H2,1-4H3. The van der Waals surface area contributed by atoms with Gasteiger partial charge in [-0.1, -0.05) is 125 Å². The number of pyridine rings is 1. The highest BCUT2D eigenvalue weighted by molar-refractivity contribution is 7.85. The monoisotopic (exact) mass is 511 g/mol. The van der Waals surface area contributed by atoms with Gasteiger partial charge in [0.25, 0.3) is 0 Å². The van der Waals surface area contributed by atoms with Gasteiger partial charge in [-0.05, 0) is 35.7 Å². The van der Waals surface area contributed by atoms with Crippen LogP contribution in [0.15, 0.2) is 97.2 Å². The Morgan fingerprint density at radius 3 is 1.92 bits per heavy atom. The molecule has 0 aliphatic carbocycles. The molecule has 2 nitrogen and oxygen atoms in total. The highest BCUT2D eigenvalue weighted by Gasteiger charge is 2.30. The van der Waals surface area contributed by atoms with Gasteiger partial charge in [0.05, 0.1) is 13.8 Å². The Labute approximate surface area is 218 Å². The lowest BCUT2D eigenvalue weighted by Crippen LogP contribution is -2.40. The molecular formula is C32H38NOPSi. The van der Waals surface area contributed by atoms with Gasteiger partial charge >= 0.3 is 0 Å². The van der Waals surface area contributed by atoms with Gasteiger partial charge in [0.1, 0.15) is 0 Å². The Balaban J connectivity index is 1.79. The molecule has 4 rings (SSSR count). The zero-order chi connectivity index (χ0) is 25.6. The second-order valence-corrected chi connectivity index (χ2v) is 18.4. The van der Waals surface area contributed by atoms with E-state index in [0.717, 1.165) is 33.6 Å². The van der Waals surface area contributed by atoms with Crippen molar-refractivity contribution in [1.29, 1.82) is 0 Å². The highest BCUT2D eigenvalue weighted by Crippen LogP contribution is 2.42. The highest BCUT2D eigenvalue weighted by atomic mass is 31.2. The van der Waals surface area contributed by atoms with Crippen molar-refractivity contribution >= 4 is 36.3 Å². The molecule has 0 radical (unpaired) electrons. The summed E-state index contributed by atoms with van der Waals surface area (Å²) in [5.74, 6) is 0. The fraction of sp³-hybridized carbons (Fsp3) is 0.281. The predicted octanol–water partition coefficient (Wildman–Crippen LogP) is 7.06. The summed E-state index contributed by atoms with van der Waals surface area (Å²) in [6.45, 7) is 9.45. The average Bonchev–Trinajstić information content (AvgIpc) is 2.91. The van der Waals surface area contributed by atoms with Crippen LogP contribution in [0.1, 0.15) is 38.2 Å². The van der Waals surface area contributed by atoms with Crippen molar-refractivity contribution in [3.05, 3.63) is 103 Å². The Kier molecular flexibility index (Phi) is 8.44. The van der Waals surface area contributed by atoms with Gasteiger partial charge in [0.15, 0.2) is 7.14 Å². The summed E-state index contributed by atoms with van der Waals surface area (Å²) in [5.41, 5.74) is 3.43. The molecule has 4 heteroatoms. The van der Waals surface area contributed by atoms with E-state index >= 15 is 0 Å². The molecule has 0 bridgehead atoms. The van der Waals surface area contributed by atoms with E-state index in [2.05, 4.69) is 51.0 Å². The van der Waals surface area contributed by atoms with Crippen LogP contribution in [0, 0.1) is 0 Å². The number of hydrogen-bond acceptors (Lipinski definition) is 2. The number of rotatable bonds is 10. The summed E-state index contributed by atoms with van der Waals surface area (Å²) in [6.07, 6.45) is 8.24. The molecule has 1 heterocycles. The number of aromatic nitrogens is 1. The molecule has 0 unspecified atom stereocenters. The lowest BCUT2D eigenvalue weighted by molar-refractivity contribution is 0.592. The molecule has 36 heavy (non-hydrogen) atoms. The van der Waals surface area contributed by atoms with Crippen LogP contribution in [0.4, 0.5) is 0 Å². The molecular weight excluding hydrogens is 473 g/mol. The number of hydrogen-bond donors (Lipinski definition) is 0. The van der Waals surface area contributed by atoms with Crippen LogP contribution < -0.4 is 21.1 Å². The molecule has 0 fully saturated rings. The van der Waals surface area contributed by atoms with Crippen LogP contribution in [0.25, 0.3) is 11.3 Å². The van der Waals surface area contributed by atoms with Crippen LogP contribution in [0.3, 0.4) is 0 Å². The maximum absolute atomic E-state index is 14.8. The van der Waals surface area contributed by atoms with E-state index < -0.39 is 15.2 Å². The van der Waals surface area contributed by atoms with Crippen LogP contribution in [-0.4, -0.2) is 13.1 Å². The van der Waals surface area contributed by atoms with E-state index in [1.165, 1.54) is 36.4 Å². The molecule has 1 aromatic heterocycles.